The minimum atomic E-state index is 0.311. The van der Waals surface area contributed by atoms with Crippen molar-refractivity contribution in [2.24, 2.45) is 0 Å². The summed E-state index contributed by atoms with van der Waals surface area (Å²) in [6.07, 6.45) is 1.06. The Bertz CT molecular complexity index is 640. The van der Waals surface area contributed by atoms with Gasteiger partial charge in [-0.15, -0.1) is 0 Å². The standard InChI is InChI=1S/C16H24N4O2/c1-4-7-17-15-13(21-3)6-5-12-14(15)16(19-18-12)20-8-9-22-10-11(20)2/h5-6,11,17H,4,7-10H2,1-3H3,(H,18,19). The fourth-order valence-corrected chi connectivity index (χ4v) is 2.92. The van der Waals surface area contributed by atoms with Gasteiger partial charge in [-0.05, 0) is 25.5 Å². The van der Waals surface area contributed by atoms with Gasteiger partial charge in [-0.3, -0.25) is 5.10 Å². The number of morpholine rings is 1. The van der Waals surface area contributed by atoms with Gasteiger partial charge in [0.05, 0.1) is 43.0 Å². The molecule has 0 radical (unpaired) electrons. The SMILES string of the molecule is CCCNc1c(OC)ccc2[nH]nc(N3CCOCC3C)c12. The molecule has 0 spiro atoms. The van der Waals surface area contributed by atoms with Crippen LogP contribution in [0.25, 0.3) is 10.9 Å². The highest BCUT2D eigenvalue weighted by Crippen LogP contribution is 2.38. The van der Waals surface area contributed by atoms with Gasteiger partial charge in [0.25, 0.3) is 0 Å². The van der Waals surface area contributed by atoms with Crippen molar-refractivity contribution in [1.29, 1.82) is 0 Å². The minimum Gasteiger partial charge on any atom is -0.495 e. The molecule has 6 heteroatoms. The fourth-order valence-electron chi connectivity index (χ4n) is 2.92. The normalized spacial score (nSPS) is 18.7. The summed E-state index contributed by atoms with van der Waals surface area (Å²) in [7, 11) is 1.70. The fraction of sp³-hybridized carbons (Fsp3) is 0.562. The van der Waals surface area contributed by atoms with E-state index in [2.05, 4.69) is 34.3 Å². The largest absolute Gasteiger partial charge is 0.495 e. The molecule has 1 atom stereocenters. The number of fused-ring (bicyclic) bond motifs is 1. The molecule has 0 bridgehead atoms. The number of nitrogens with one attached hydrogen (secondary N) is 2. The molecule has 2 N–H and O–H groups in total. The zero-order valence-corrected chi connectivity index (χ0v) is 13.5. The molecule has 1 saturated heterocycles. The molecule has 0 saturated carbocycles. The summed E-state index contributed by atoms with van der Waals surface area (Å²) < 4.78 is 11.1. The number of benzene rings is 1. The van der Waals surface area contributed by atoms with Crippen molar-refractivity contribution in [2.75, 3.05) is 43.6 Å². The van der Waals surface area contributed by atoms with Gasteiger partial charge in [0.15, 0.2) is 5.82 Å². The number of anilines is 2. The number of hydrogen-bond acceptors (Lipinski definition) is 5. The predicted octanol–water partition coefficient (Wildman–Crippen LogP) is 2.62. The lowest BCUT2D eigenvalue weighted by Crippen LogP contribution is -2.44. The topological polar surface area (TPSA) is 62.4 Å². The summed E-state index contributed by atoms with van der Waals surface area (Å²) in [5, 5.41) is 12.3. The maximum absolute atomic E-state index is 5.54. The molecule has 0 amide bonds. The Morgan fingerprint density at radius 2 is 2.36 bits per heavy atom. The molecule has 1 unspecified atom stereocenters. The molecule has 1 fully saturated rings. The lowest BCUT2D eigenvalue weighted by Gasteiger charge is -2.33. The van der Waals surface area contributed by atoms with Crippen LogP contribution in [0, 0.1) is 0 Å². The molecular formula is C16H24N4O2. The zero-order chi connectivity index (χ0) is 15.5. The summed E-state index contributed by atoms with van der Waals surface area (Å²) >= 11 is 0. The van der Waals surface area contributed by atoms with Crippen molar-refractivity contribution >= 4 is 22.4 Å². The highest BCUT2D eigenvalue weighted by atomic mass is 16.5. The van der Waals surface area contributed by atoms with Crippen LogP contribution in [-0.4, -0.2) is 49.7 Å². The maximum Gasteiger partial charge on any atom is 0.160 e. The molecule has 2 aromatic rings. The Morgan fingerprint density at radius 1 is 1.50 bits per heavy atom. The van der Waals surface area contributed by atoms with Gasteiger partial charge in [-0.25, -0.2) is 0 Å². The number of aromatic nitrogens is 2. The second-order valence-corrected chi connectivity index (χ2v) is 5.66. The van der Waals surface area contributed by atoms with Gasteiger partial charge in [-0.2, -0.15) is 5.10 Å². The molecule has 22 heavy (non-hydrogen) atoms. The molecule has 1 aliphatic rings. The van der Waals surface area contributed by atoms with Crippen LogP contribution in [0.4, 0.5) is 11.5 Å². The van der Waals surface area contributed by atoms with Crippen molar-refractivity contribution in [3.8, 4) is 5.75 Å². The van der Waals surface area contributed by atoms with Gasteiger partial charge < -0.3 is 19.7 Å². The van der Waals surface area contributed by atoms with E-state index in [1.165, 1.54) is 0 Å². The van der Waals surface area contributed by atoms with E-state index in [0.29, 0.717) is 6.04 Å². The third kappa shape index (κ3) is 2.59. The summed E-state index contributed by atoms with van der Waals surface area (Å²) in [6.45, 7) is 7.54. The van der Waals surface area contributed by atoms with Crippen molar-refractivity contribution in [2.45, 2.75) is 26.3 Å². The average Bonchev–Trinajstić information content (AvgIpc) is 2.97. The lowest BCUT2D eigenvalue weighted by molar-refractivity contribution is 0.0986. The van der Waals surface area contributed by atoms with Gasteiger partial charge in [-0.1, -0.05) is 6.92 Å². The quantitative estimate of drug-likeness (QED) is 0.889. The number of hydrogen-bond donors (Lipinski definition) is 2. The molecule has 3 rings (SSSR count). The number of ether oxygens (including phenoxy) is 2. The van der Waals surface area contributed by atoms with Crippen molar-refractivity contribution in [3.05, 3.63) is 12.1 Å². The molecule has 1 aromatic carbocycles. The number of aromatic amines is 1. The van der Waals surface area contributed by atoms with E-state index < -0.39 is 0 Å². The number of methoxy groups -OCH3 is 1. The first-order valence-corrected chi connectivity index (χ1v) is 7.89. The number of H-pyrrole nitrogens is 1. The van der Waals surface area contributed by atoms with E-state index in [9.17, 15) is 0 Å². The summed E-state index contributed by atoms with van der Waals surface area (Å²) in [4.78, 5) is 2.30. The lowest BCUT2D eigenvalue weighted by atomic mass is 10.1. The zero-order valence-electron chi connectivity index (χ0n) is 13.5. The van der Waals surface area contributed by atoms with Crippen molar-refractivity contribution < 1.29 is 9.47 Å². The summed E-state index contributed by atoms with van der Waals surface area (Å²) in [6, 6.07) is 4.31. The molecule has 6 nitrogen and oxygen atoms in total. The van der Waals surface area contributed by atoms with Crippen LogP contribution >= 0.6 is 0 Å². The van der Waals surface area contributed by atoms with Crippen LogP contribution in [0.15, 0.2) is 12.1 Å². The first kappa shape index (κ1) is 15.0. The highest BCUT2D eigenvalue weighted by molar-refractivity contribution is 6.03. The van der Waals surface area contributed by atoms with Crippen LogP contribution in [0.5, 0.6) is 5.75 Å². The van der Waals surface area contributed by atoms with Crippen LogP contribution in [0.2, 0.25) is 0 Å². The van der Waals surface area contributed by atoms with Gasteiger partial charge in [0, 0.05) is 13.1 Å². The second kappa shape index (κ2) is 6.44. The minimum absolute atomic E-state index is 0.311. The first-order chi connectivity index (χ1) is 10.8. The van der Waals surface area contributed by atoms with E-state index >= 15 is 0 Å². The Balaban J connectivity index is 2.10. The van der Waals surface area contributed by atoms with Crippen LogP contribution in [0.1, 0.15) is 20.3 Å². The van der Waals surface area contributed by atoms with E-state index in [1.807, 2.05) is 12.1 Å². The van der Waals surface area contributed by atoms with E-state index in [4.69, 9.17) is 9.47 Å². The number of rotatable bonds is 5. The van der Waals surface area contributed by atoms with Crippen molar-refractivity contribution in [1.82, 2.24) is 10.2 Å². The van der Waals surface area contributed by atoms with Gasteiger partial charge >= 0.3 is 0 Å². The van der Waals surface area contributed by atoms with Gasteiger partial charge in [0.1, 0.15) is 5.75 Å². The molecule has 2 heterocycles. The Kier molecular flexibility index (Phi) is 4.38. The third-order valence-electron chi connectivity index (χ3n) is 4.08. The predicted molar refractivity (Wildman–Crippen MR) is 89.1 cm³/mol. The molecule has 1 aliphatic heterocycles. The van der Waals surface area contributed by atoms with Crippen LogP contribution in [0.3, 0.4) is 0 Å². The van der Waals surface area contributed by atoms with E-state index in [0.717, 1.165) is 60.9 Å². The van der Waals surface area contributed by atoms with Crippen LogP contribution in [-0.2, 0) is 4.74 Å². The Morgan fingerprint density at radius 3 is 3.09 bits per heavy atom. The number of nitrogens with zero attached hydrogens (tertiary/aromatic N) is 2. The van der Waals surface area contributed by atoms with Crippen molar-refractivity contribution in [3.63, 3.8) is 0 Å². The molecule has 1 aromatic heterocycles. The maximum atomic E-state index is 5.54. The Hall–Kier alpha value is -1.95. The molecule has 120 valence electrons. The summed E-state index contributed by atoms with van der Waals surface area (Å²) in [5.74, 6) is 1.83. The molecular weight excluding hydrogens is 280 g/mol. The van der Waals surface area contributed by atoms with E-state index in [1.54, 1.807) is 7.11 Å². The summed E-state index contributed by atoms with van der Waals surface area (Å²) in [5.41, 5.74) is 2.04. The van der Waals surface area contributed by atoms with Gasteiger partial charge in [0.2, 0.25) is 0 Å². The van der Waals surface area contributed by atoms with Crippen LogP contribution < -0.4 is 15.0 Å². The highest BCUT2D eigenvalue weighted by Gasteiger charge is 2.25. The van der Waals surface area contributed by atoms with E-state index in [-0.39, 0.29) is 0 Å². The third-order valence-corrected chi connectivity index (χ3v) is 4.08. The smallest absolute Gasteiger partial charge is 0.160 e. The first-order valence-electron chi connectivity index (χ1n) is 7.89. The molecule has 0 aliphatic carbocycles. The monoisotopic (exact) mass is 304 g/mol. The Labute approximate surface area is 130 Å². The average molecular weight is 304 g/mol. The second-order valence-electron chi connectivity index (χ2n) is 5.66.